The van der Waals surface area contributed by atoms with Crippen LogP contribution in [0, 0.1) is 11.8 Å². The summed E-state index contributed by atoms with van der Waals surface area (Å²) in [5.41, 5.74) is 0. The van der Waals surface area contributed by atoms with Crippen molar-refractivity contribution in [2.24, 2.45) is 11.8 Å². The molecule has 0 bridgehead atoms. The van der Waals surface area contributed by atoms with Crippen molar-refractivity contribution >= 4 is 11.8 Å². The maximum Gasteiger partial charge on any atom is 0.222 e. The zero-order chi connectivity index (χ0) is 32.5. The van der Waals surface area contributed by atoms with Gasteiger partial charge in [0.2, 0.25) is 11.8 Å². The highest BCUT2D eigenvalue weighted by molar-refractivity contribution is 5.78. The SMILES string of the molecule is CCCCCCCCCCCCCCCCC(C)C(=O)NCCC(C)NC(=O)CCC(CC)CCCCCCCCCCC. The van der Waals surface area contributed by atoms with Crippen molar-refractivity contribution < 1.29 is 9.59 Å². The lowest BCUT2D eigenvalue weighted by atomic mass is 9.93. The molecule has 0 aliphatic rings. The summed E-state index contributed by atoms with van der Waals surface area (Å²) in [6.45, 7) is 11.6. The van der Waals surface area contributed by atoms with Crippen LogP contribution in [0.3, 0.4) is 0 Å². The largest absolute Gasteiger partial charge is 0.356 e. The van der Waals surface area contributed by atoms with E-state index in [-0.39, 0.29) is 23.8 Å². The third-order valence-electron chi connectivity index (χ3n) is 9.80. The number of carbonyl (C=O) groups excluding carboxylic acids is 2. The minimum Gasteiger partial charge on any atom is -0.356 e. The average molecular weight is 621 g/mol. The number of unbranched alkanes of at least 4 members (excludes halogenated alkanes) is 21. The first kappa shape index (κ1) is 42.9. The lowest BCUT2D eigenvalue weighted by Gasteiger charge is -2.18. The van der Waals surface area contributed by atoms with E-state index in [0.717, 1.165) is 25.7 Å². The van der Waals surface area contributed by atoms with Crippen molar-refractivity contribution in [3.05, 3.63) is 0 Å². The second-order valence-corrected chi connectivity index (χ2v) is 14.3. The molecule has 0 aromatic carbocycles. The highest BCUT2D eigenvalue weighted by atomic mass is 16.2. The van der Waals surface area contributed by atoms with Gasteiger partial charge in [-0.3, -0.25) is 9.59 Å². The molecule has 0 saturated carbocycles. The minimum atomic E-state index is 0.0778. The smallest absolute Gasteiger partial charge is 0.222 e. The molecule has 0 aromatic rings. The van der Waals surface area contributed by atoms with Gasteiger partial charge in [0.05, 0.1) is 0 Å². The Balaban J connectivity index is 3.70. The van der Waals surface area contributed by atoms with Gasteiger partial charge in [-0.15, -0.1) is 0 Å². The van der Waals surface area contributed by atoms with E-state index in [1.54, 1.807) is 0 Å². The highest BCUT2D eigenvalue weighted by Gasteiger charge is 2.14. The molecule has 262 valence electrons. The molecule has 0 aliphatic heterocycles. The fourth-order valence-electron chi connectivity index (χ4n) is 6.41. The molecule has 0 aliphatic carbocycles. The molecule has 0 aromatic heterocycles. The number of amides is 2. The zero-order valence-electron chi connectivity index (χ0n) is 30.8. The number of rotatable bonds is 34. The van der Waals surface area contributed by atoms with E-state index in [1.165, 1.54) is 154 Å². The first-order valence-corrected chi connectivity index (χ1v) is 20.0. The predicted molar refractivity (Wildman–Crippen MR) is 194 cm³/mol. The maximum atomic E-state index is 12.5. The lowest BCUT2D eigenvalue weighted by Crippen LogP contribution is -2.37. The molecular weight excluding hydrogens is 540 g/mol. The van der Waals surface area contributed by atoms with Crippen LogP contribution in [0.2, 0.25) is 0 Å². The molecule has 0 heterocycles. The minimum absolute atomic E-state index is 0.0778. The van der Waals surface area contributed by atoms with E-state index in [0.29, 0.717) is 18.9 Å². The van der Waals surface area contributed by atoms with Crippen LogP contribution in [0.5, 0.6) is 0 Å². The molecule has 4 heteroatoms. The van der Waals surface area contributed by atoms with Crippen LogP contribution in [-0.2, 0) is 9.59 Å². The van der Waals surface area contributed by atoms with E-state index < -0.39 is 0 Å². The summed E-state index contributed by atoms with van der Waals surface area (Å²) < 4.78 is 0. The standard InChI is InChI=1S/C40H80N2O2/c1-6-9-11-13-15-17-18-19-20-21-23-24-26-28-30-36(4)40(44)41-35-34-37(5)42-39(43)33-32-38(8-3)31-29-27-25-22-16-14-12-10-7-2/h36-38H,6-35H2,1-5H3,(H,41,44)(H,42,43). The van der Waals surface area contributed by atoms with Crippen LogP contribution >= 0.6 is 0 Å². The molecule has 2 amide bonds. The fraction of sp³-hybridized carbons (Fsp3) is 0.950. The van der Waals surface area contributed by atoms with Crippen LogP contribution in [0.1, 0.15) is 221 Å². The first-order valence-electron chi connectivity index (χ1n) is 20.0. The van der Waals surface area contributed by atoms with Crippen molar-refractivity contribution in [3.63, 3.8) is 0 Å². The van der Waals surface area contributed by atoms with E-state index in [2.05, 4.69) is 45.3 Å². The molecule has 3 atom stereocenters. The summed E-state index contributed by atoms with van der Waals surface area (Å²) in [5, 5.41) is 6.26. The molecule has 0 saturated heterocycles. The molecule has 4 nitrogen and oxygen atoms in total. The van der Waals surface area contributed by atoms with Gasteiger partial charge in [-0.1, -0.05) is 188 Å². The maximum absolute atomic E-state index is 12.5. The lowest BCUT2D eigenvalue weighted by molar-refractivity contribution is -0.124. The second kappa shape index (κ2) is 33.3. The Hall–Kier alpha value is -1.06. The normalized spacial score (nSPS) is 13.5. The zero-order valence-corrected chi connectivity index (χ0v) is 30.8. The van der Waals surface area contributed by atoms with Gasteiger partial charge >= 0.3 is 0 Å². The Labute approximate surface area is 276 Å². The predicted octanol–water partition coefficient (Wildman–Crippen LogP) is 12.2. The van der Waals surface area contributed by atoms with Gasteiger partial charge in [0, 0.05) is 24.9 Å². The van der Waals surface area contributed by atoms with Crippen molar-refractivity contribution in [2.75, 3.05) is 6.54 Å². The van der Waals surface area contributed by atoms with Crippen molar-refractivity contribution in [1.29, 1.82) is 0 Å². The number of hydrogen-bond acceptors (Lipinski definition) is 2. The third-order valence-corrected chi connectivity index (χ3v) is 9.80. The van der Waals surface area contributed by atoms with E-state index >= 15 is 0 Å². The molecule has 44 heavy (non-hydrogen) atoms. The third kappa shape index (κ3) is 29.6. The number of nitrogens with one attached hydrogen (secondary N) is 2. The highest BCUT2D eigenvalue weighted by Crippen LogP contribution is 2.20. The van der Waals surface area contributed by atoms with E-state index in [1.807, 2.05) is 0 Å². The van der Waals surface area contributed by atoms with E-state index in [4.69, 9.17) is 0 Å². The van der Waals surface area contributed by atoms with Crippen molar-refractivity contribution in [1.82, 2.24) is 10.6 Å². The Morgan fingerprint density at radius 3 is 1.34 bits per heavy atom. The summed E-state index contributed by atoms with van der Waals surface area (Å²) in [7, 11) is 0. The molecule has 0 radical (unpaired) electrons. The van der Waals surface area contributed by atoms with Crippen LogP contribution in [0.25, 0.3) is 0 Å². The van der Waals surface area contributed by atoms with Crippen molar-refractivity contribution in [3.8, 4) is 0 Å². The van der Waals surface area contributed by atoms with Gasteiger partial charge in [-0.05, 0) is 32.1 Å². The quantitative estimate of drug-likeness (QED) is 0.0703. The molecule has 2 N–H and O–H groups in total. The summed E-state index contributed by atoms with van der Waals surface area (Å²) in [6.07, 6.45) is 37.3. The van der Waals surface area contributed by atoms with Gasteiger partial charge in [0.1, 0.15) is 0 Å². The molecule has 0 rings (SSSR count). The summed E-state index contributed by atoms with van der Waals surface area (Å²) in [5.74, 6) is 1.08. The molecular formula is C40H80N2O2. The van der Waals surface area contributed by atoms with Gasteiger partial charge in [-0.2, -0.15) is 0 Å². The number of carbonyl (C=O) groups is 2. The summed E-state index contributed by atoms with van der Waals surface area (Å²) >= 11 is 0. The van der Waals surface area contributed by atoms with Gasteiger partial charge in [0.25, 0.3) is 0 Å². The average Bonchev–Trinajstić information content (AvgIpc) is 3.01. The monoisotopic (exact) mass is 621 g/mol. The molecule has 3 unspecified atom stereocenters. The van der Waals surface area contributed by atoms with Crippen LogP contribution in [0.4, 0.5) is 0 Å². The number of hydrogen-bond donors (Lipinski definition) is 2. The molecule has 0 spiro atoms. The Morgan fingerprint density at radius 2 is 0.909 bits per heavy atom. The van der Waals surface area contributed by atoms with E-state index in [9.17, 15) is 9.59 Å². The fourth-order valence-corrected chi connectivity index (χ4v) is 6.41. The first-order chi connectivity index (χ1) is 21.4. The Morgan fingerprint density at radius 1 is 0.500 bits per heavy atom. The van der Waals surface area contributed by atoms with Gasteiger partial charge in [-0.25, -0.2) is 0 Å². The Kier molecular flexibility index (Phi) is 32.5. The van der Waals surface area contributed by atoms with Gasteiger partial charge < -0.3 is 10.6 Å². The van der Waals surface area contributed by atoms with Crippen molar-refractivity contribution in [2.45, 2.75) is 227 Å². The topological polar surface area (TPSA) is 58.2 Å². The van der Waals surface area contributed by atoms with Gasteiger partial charge in [0.15, 0.2) is 0 Å². The Bertz CT molecular complexity index is 622. The molecule has 0 fully saturated rings. The van der Waals surface area contributed by atoms with Crippen LogP contribution < -0.4 is 10.6 Å². The van der Waals surface area contributed by atoms with Crippen LogP contribution in [0.15, 0.2) is 0 Å². The van der Waals surface area contributed by atoms with Crippen LogP contribution in [-0.4, -0.2) is 24.4 Å². The summed E-state index contributed by atoms with van der Waals surface area (Å²) in [4.78, 5) is 25.0. The second-order valence-electron chi connectivity index (χ2n) is 14.3. The summed E-state index contributed by atoms with van der Waals surface area (Å²) in [6, 6.07) is 0.0984.